The summed E-state index contributed by atoms with van der Waals surface area (Å²) in [5, 5.41) is 9.95. The monoisotopic (exact) mass is 562 g/mol. The van der Waals surface area contributed by atoms with E-state index in [1.165, 1.54) is 0 Å². The molecule has 0 N–H and O–H groups in total. The lowest BCUT2D eigenvalue weighted by molar-refractivity contribution is -0.139. The molecule has 5 nitrogen and oxygen atoms in total. The van der Waals surface area contributed by atoms with Crippen LogP contribution in [0.5, 0.6) is 0 Å². The minimum Gasteiger partial charge on any atom is -0.349 e. The summed E-state index contributed by atoms with van der Waals surface area (Å²) in [7, 11) is 3.66. The molecular formula is C36H54N2O3. The third-order valence-electron chi connectivity index (χ3n) is 13.0. The normalized spacial score (nSPS) is 40.1. The molecule has 0 saturated heterocycles. The quantitative estimate of drug-likeness (QED) is 0.351. The largest absolute Gasteiger partial charge is 0.349 e. The Bertz CT molecular complexity index is 1230. The highest BCUT2D eigenvalue weighted by atomic mass is 16.2. The topological polar surface area (TPSA) is 78.2 Å². The van der Waals surface area contributed by atoms with Gasteiger partial charge < -0.3 is 4.90 Å². The van der Waals surface area contributed by atoms with Crippen molar-refractivity contribution in [3.63, 3.8) is 0 Å². The standard InChI is InChI=1S/C36H54N2O3/c1-31(2)14-11-25-26(39)21-28-34(6)22-24(23-37)30(41)32(3,4)27(34)12-16-36(28,8)35(25,7)20-19-33(5,18-17-31)15-13-29(40)38(9)10/h21-22,25,27H,11-20H2,1-10H3/t25?,27-,33-,34-,35+,36+/m0/s1. The van der Waals surface area contributed by atoms with E-state index in [4.69, 9.17) is 0 Å². The predicted molar refractivity (Wildman–Crippen MR) is 164 cm³/mol. The molecule has 2 saturated carbocycles. The highest BCUT2D eigenvalue weighted by Crippen LogP contribution is 2.70. The van der Waals surface area contributed by atoms with Crippen molar-refractivity contribution >= 4 is 17.5 Å². The molecule has 0 bridgehead atoms. The number of nitrogens with zero attached hydrogens (tertiary/aromatic N) is 2. The molecular weight excluding hydrogens is 508 g/mol. The summed E-state index contributed by atoms with van der Waals surface area (Å²) in [6.07, 6.45) is 13.1. The van der Waals surface area contributed by atoms with Crippen LogP contribution in [0.3, 0.4) is 0 Å². The number of hydrogen-bond acceptors (Lipinski definition) is 4. The highest BCUT2D eigenvalue weighted by molar-refractivity contribution is 6.04. The van der Waals surface area contributed by atoms with Crippen LogP contribution < -0.4 is 0 Å². The fourth-order valence-electron chi connectivity index (χ4n) is 9.52. The molecule has 0 spiro atoms. The fraction of sp³-hybridized carbons (Fsp3) is 0.778. The van der Waals surface area contributed by atoms with E-state index >= 15 is 0 Å². The molecule has 4 rings (SSSR count). The van der Waals surface area contributed by atoms with Crippen LogP contribution in [0.15, 0.2) is 23.3 Å². The predicted octanol–water partition coefficient (Wildman–Crippen LogP) is 7.85. The molecule has 4 aliphatic carbocycles. The van der Waals surface area contributed by atoms with Crippen molar-refractivity contribution in [2.24, 2.45) is 44.3 Å². The van der Waals surface area contributed by atoms with Crippen molar-refractivity contribution in [3.8, 4) is 6.07 Å². The molecule has 0 aliphatic heterocycles. The molecule has 0 aromatic carbocycles. The zero-order valence-corrected chi connectivity index (χ0v) is 27.5. The SMILES string of the molecule is CN(C)C(=O)CC[C@@]1(C)CCC(C)(C)CCC2C(=O)C=C3[C@@]4(C)C=C(C#N)C(=O)C(C)(C)[C@@H]4CC[C@@]3(C)[C@]2(C)CC1. The van der Waals surface area contributed by atoms with Crippen molar-refractivity contribution in [2.75, 3.05) is 14.1 Å². The maximum atomic E-state index is 14.3. The van der Waals surface area contributed by atoms with Gasteiger partial charge in [-0.1, -0.05) is 67.0 Å². The van der Waals surface area contributed by atoms with E-state index in [0.717, 1.165) is 63.4 Å². The van der Waals surface area contributed by atoms with Crippen molar-refractivity contribution < 1.29 is 14.4 Å². The lowest BCUT2D eigenvalue weighted by Crippen LogP contribution is -2.60. The first kappa shape index (κ1) is 31.7. The Hall–Kier alpha value is -2.22. The summed E-state index contributed by atoms with van der Waals surface area (Å²) in [6, 6.07) is 2.21. The average Bonchev–Trinajstić information content (AvgIpc) is 2.88. The average molecular weight is 563 g/mol. The smallest absolute Gasteiger partial charge is 0.222 e. The van der Waals surface area contributed by atoms with Crippen molar-refractivity contribution in [3.05, 3.63) is 23.3 Å². The van der Waals surface area contributed by atoms with Gasteiger partial charge in [0.05, 0.1) is 5.57 Å². The van der Waals surface area contributed by atoms with Gasteiger partial charge in [-0.15, -0.1) is 0 Å². The third kappa shape index (κ3) is 5.06. The Morgan fingerprint density at radius 2 is 1.56 bits per heavy atom. The Morgan fingerprint density at radius 1 is 0.927 bits per heavy atom. The molecule has 0 aromatic rings. The van der Waals surface area contributed by atoms with Crippen LogP contribution in [0, 0.1) is 55.7 Å². The van der Waals surface area contributed by atoms with Crippen LogP contribution >= 0.6 is 0 Å². The summed E-state index contributed by atoms with van der Waals surface area (Å²) < 4.78 is 0. The van der Waals surface area contributed by atoms with Gasteiger partial charge in [0, 0.05) is 37.3 Å². The lowest BCUT2D eigenvalue weighted by Gasteiger charge is -2.65. The van der Waals surface area contributed by atoms with E-state index in [-0.39, 0.29) is 56.5 Å². The van der Waals surface area contributed by atoms with Crippen LogP contribution in [0.4, 0.5) is 0 Å². The molecule has 5 heteroatoms. The first-order valence-electron chi connectivity index (χ1n) is 15.9. The summed E-state index contributed by atoms with van der Waals surface area (Å²) in [4.78, 5) is 41.9. The van der Waals surface area contributed by atoms with E-state index in [1.807, 2.05) is 40.1 Å². The first-order valence-corrected chi connectivity index (χ1v) is 15.9. The van der Waals surface area contributed by atoms with Crippen LogP contribution in [-0.4, -0.2) is 36.5 Å². The molecule has 0 aromatic heterocycles. The number of hydrogen-bond donors (Lipinski definition) is 0. The highest BCUT2D eigenvalue weighted by Gasteiger charge is 2.65. The Kier molecular flexibility index (Phi) is 7.89. The van der Waals surface area contributed by atoms with E-state index in [9.17, 15) is 19.6 Å². The summed E-state index contributed by atoms with van der Waals surface area (Å²) >= 11 is 0. The van der Waals surface area contributed by atoms with Gasteiger partial charge in [-0.2, -0.15) is 5.26 Å². The Labute approximate surface area is 249 Å². The van der Waals surface area contributed by atoms with E-state index < -0.39 is 10.8 Å². The number of amides is 1. The molecule has 4 aliphatic rings. The molecule has 41 heavy (non-hydrogen) atoms. The van der Waals surface area contributed by atoms with Gasteiger partial charge in [-0.05, 0) is 91.4 Å². The number of carbonyl (C=O) groups is 3. The summed E-state index contributed by atoms with van der Waals surface area (Å²) in [5.41, 5.74) is -0.141. The number of ketones is 2. The maximum Gasteiger partial charge on any atom is 0.222 e. The van der Waals surface area contributed by atoms with Crippen LogP contribution in [0.2, 0.25) is 0 Å². The zero-order chi connectivity index (χ0) is 30.8. The minimum atomic E-state index is -0.657. The fourth-order valence-corrected chi connectivity index (χ4v) is 9.52. The second-order valence-electron chi connectivity index (χ2n) is 16.7. The lowest BCUT2D eigenvalue weighted by atomic mass is 9.38. The van der Waals surface area contributed by atoms with Gasteiger partial charge >= 0.3 is 0 Å². The van der Waals surface area contributed by atoms with Gasteiger partial charge in [0.1, 0.15) is 6.07 Å². The minimum absolute atomic E-state index is 0.0167. The van der Waals surface area contributed by atoms with Gasteiger partial charge in [0.15, 0.2) is 11.6 Å². The second-order valence-corrected chi connectivity index (χ2v) is 16.7. The third-order valence-corrected chi connectivity index (χ3v) is 13.0. The summed E-state index contributed by atoms with van der Waals surface area (Å²) in [6.45, 7) is 18.0. The molecule has 226 valence electrons. The van der Waals surface area contributed by atoms with E-state index in [1.54, 1.807) is 4.90 Å². The van der Waals surface area contributed by atoms with E-state index in [2.05, 4.69) is 47.6 Å². The number of fused-ring (bicyclic) bond motifs is 5. The van der Waals surface area contributed by atoms with Crippen molar-refractivity contribution in [1.82, 2.24) is 4.90 Å². The number of Topliss-reactive ketones (excluding diaryl/α,β-unsaturated/α-hetero) is 1. The van der Waals surface area contributed by atoms with Gasteiger partial charge in [0.2, 0.25) is 5.91 Å². The molecule has 1 amide bonds. The summed E-state index contributed by atoms with van der Waals surface area (Å²) in [5.74, 6) is 0.329. The van der Waals surface area contributed by atoms with Gasteiger partial charge in [0.25, 0.3) is 0 Å². The molecule has 0 heterocycles. The Morgan fingerprint density at radius 3 is 2.17 bits per heavy atom. The molecule has 1 unspecified atom stereocenters. The zero-order valence-electron chi connectivity index (χ0n) is 27.5. The Balaban J connectivity index is 1.82. The second kappa shape index (κ2) is 10.2. The molecule has 0 radical (unpaired) electrons. The molecule has 2 fully saturated rings. The number of nitriles is 1. The number of carbonyl (C=O) groups excluding carboxylic acids is 3. The first-order chi connectivity index (χ1) is 18.8. The van der Waals surface area contributed by atoms with Crippen LogP contribution in [0.1, 0.15) is 120 Å². The van der Waals surface area contributed by atoms with E-state index in [0.29, 0.717) is 6.42 Å². The molecule has 6 atom stereocenters. The number of rotatable bonds is 3. The van der Waals surface area contributed by atoms with Gasteiger partial charge in [-0.25, -0.2) is 0 Å². The number of allylic oxidation sites excluding steroid dienone is 4. The van der Waals surface area contributed by atoms with Crippen LogP contribution in [0.25, 0.3) is 0 Å². The van der Waals surface area contributed by atoms with Gasteiger partial charge in [-0.3, -0.25) is 14.4 Å². The van der Waals surface area contributed by atoms with Crippen molar-refractivity contribution in [1.29, 1.82) is 5.26 Å². The van der Waals surface area contributed by atoms with Crippen molar-refractivity contribution in [2.45, 2.75) is 120 Å². The van der Waals surface area contributed by atoms with Crippen LogP contribution in [-0.2, 0) is 14.4 Å². The maximum absolute atomic E-state index is 14.3.